The largest absolute Gasteiger partial charge is 0.458 e. The maximum absolute atomic E-state index is 11.9. The molecule has 1 aliphatic heterocycles. The summed E-state index contributed by atoms with van der Waals surface area (Å²) in [5.41, 5.74) is 2.51. The molecular formula is C22H26O3. The topological polar surface area (TPSA) is 43.4 Å². The summed E-state index contributed by atoms with van der Waals surface area (Å²) in [5, 5.41) is 0. The maximum atomic E-state index is 11.9. The van der Waals surface area contributed by atoms with Crippen molar-refractivity contribution in [3.63, 3.8) is 0 Å². The van der Waals surface area contributed by atoms with E-state index in [1.54, 1.807) is 0 Å². The fourth-order valence-electron chi connectivity index (χ4n) is 6.62. The van der Waals surface area contributed by atoms with Gasteiger partial charge >= 0.3 is 5.97 Å². The van der Waals surface area contributed by atoms with E-state index >= 15 is 0 Å². The molecule has 3 heteroatoms. The average molecular weight is 338 g/mol. The van der Waals surface area contributed by atoms with E-state index in [4.69, 9.17) is 4.74 Å². The Morgan fingerprint density at radius 2 is 1.96 bits per heavy atom. The summed E-state index contributed by atoms with van der Waals surface area (Å²) >= 11 is 0. The van der Waals surface area contributed by atoms with Gasteiger partial charge in [0.1, 0.15) is 5.60 Å². The van der Waals surface area contributed by atoms with Gasteiger partial charge in [0.15, 0.2) is 5.78 Å². The van der Waals surface area contributed by atoms with E-state index in [1.807, 2.05) is 6.08 Å². The van der Waals surface area contributed by atoms with Gasteiger partial charge in [0.2, 0.25) is 0 Å². The molecule has 1 saturated carbocycles. The lowest BCUT2D eigenvalue weighted by Gasteiger charge is -2.52. The van der Waals surface area contributed by atoms with Crippen LogP contribution in [0.25, 0.3) is 0 Å². The molecule has 0 aromatic heterocycles. The highest BCUT2D eigenvalue weighted by atomic mass is 16.6. The van der Waals surface area contributed by atoms with E-state index in [2.05, 4.69) is 32.1 Å². The smallest absolute Gasteiger partial charge is 0.306 e. The van der Waals surface area contributed by atoms with Crippen molar-refractivity contribution >= 4 is 11.8 Å². The summed E-state index contributed by atoms with van der Waals surface area (Å²) in [5.74, 6) is 1.20. The highest BCUT2D eigenvalue weighted by Crippen LogP contribution is 2.66. The zero-order chi connectivity index (χ0) is 17.4. The summed E-state index contributed by atoms with van der Waals surface area (Å²) in [6.45, 7) is 4.67. The van der Waals surface area contributed by atoms with E-state index in [9.17, 15) is 9.59 Å². The monoisotopic (exact) mass is 338 g/mol. The molecule has 5 aliphatic rings. The fraction of sp³-hybridized carbons (Fsp3) is 0.636. The number of hydrogen-bond acceptors (Lipinski definition) is 3. The van der Waals surface area contributed by atoms with Gasteiger partial charge in [-0.3, -0.25) is 9.59 Å². The van der Waals surface area contributed by atoms with Crippen LogP contribution in [0.5, 0.6) is 0 Å². The molecule has 0 aromatic rings. The summed E-state index contributed by atoms with van der Waals surface area (Å²) in [4.78, 5) is 23.8. The first-order valence-electron chi connectivity index (χ1n) is 9.74. The van der Waals surface area contributed by atoms with Crippen LogP contribution >= 0.6 is 0 Å². The zero-order valence-corrected chi connectivity index (χ0v) is 15.1. The molecule has 2 unspecified atom stereocenters. The molecule has 5 atom stereocenters. The number of carbonyl (C=O) groups is 2. The average Bonchev–Trinajstić information content (AvgIpc) is 3.10. The first-order chi connectivity index (χ1) is 11.9. The van der Waals surface area contributed by atoms with Crippen molar-refractivity contribution in [3.8, 4) is 0 Å². The first-order valence-corrected chi connectivity index (χ1v) is 9.74. The molecule has 1 saturated heterocycles. The molecule has 0 radical (unpaired) electrons. The van der Waals surface area contributed by atoms with Crippen LogP contribution in [0, 0.1) is 22.7 Å². The van der Waals surface area contributed by atoms with Crippen molar-refractivity contribution in [2.75, 3.05) is 0 Å². The van der Waals surface area contributed by atoms with Gasteiger partial charge in [-0.2, -0.15) is 0 Å². The Balaban J connectivity index is 1.58. The molecular weight excluding hydrogens is 312 g/mol. The number of rotatable bonds is 0. The molecule has 5 rings (SSSR count). The third kappa shape index (κ3) is 1.82. The minimum atomic E-state index is -0.246. The predicted molar refractivity (Wildman–Crippen MR) is 94.6 cm³/mol. The molecule has 0 aromatic carbocycles. The predicted octanol–water partition coefficient (Wildman–Crippen LogP) is 4.29. The maximum Gasteiger partial charge on any atom is 0.306 e. The van der Waals surface area contributed by atoms with Gasteiger partial charge in [-0.1, -0.05) is 37.6 Å². The van der Waals surface area contributed by atoms with Gasteiger partial charge in [0.25, 0.3) is 0 Å². The number of ketones is 1. The van der Waals surface area contributed by atoms with E-state index in [-0.39, 0.29) is 28.2 Å². The van der Waals surface area contributed by atoms with Crippen LogP contribution in [0.15, 0.2) is 35.5 Å². The lowest BCUT2D eigenvalue weighted by molar-refractivity contribution is -0.159. The van der Waals surface area contributed by atoms with Gasteiger partial charge in [-0.05, 0) is 49.7 Å². The van der Waals surface area contributed by atoms with Crippen LogP contribution in [-0.2, 0) is 14.3 Å². The van der Waals surface area contributed by atoms with E-state index in [0.29, 0.717) is 24.7 Å². The van der Waals surface area contributed by atoms with Crippen LogP contribution in [-0.4, -0.2) is 17.4 Å². The highest BCUT2D eigenvalue weighted by molar-refractivity contribution is 5.92. The molecule has 2 fully saturated rings. The lowest BCUT2D eigenvalue weighted by Crippen LogP contribution is -2.50. The van der Waals surface area contributed by atoms with Crippen molar-refractivity contribution in [1.82, 2.24) is 0 Å². The van der Waals surface area contributed by atoms with Crippen LogP contribution in [0.4, 0.5) is 0 Å². The zero-order valence-electron chi connectivity index (χ0n) is 15.1. The van der Waals surface area contributed by atoms with Crippen molar-refractivity contribution < 1.29 is 14.3 Å². The third-order valence-electron chi connectivity index (χ3n) is 8.24. The second kappa shape index (κ2) is 4.75. The van der Waals surface area contributed by atoms with Gasteiger partial charge in [-0.15, -0.1) is 0 Å². The Bertz CT molecular complexity index is 772. The quantitative estimate of drug-likeness (QED) is 0.489. The van der Waals surface area contributed by atoms with Crippen LogP contribution < -0.4 is 0 Å². The lowest BCUT2D eigenvalue weighted by atomic mass is 9.52. The summed E-state index contributed by atoms with van der Waals surface area (Å²) in [6, 6.07) is 0. The van der Waals surface area contributed by atoms with Crippen LogP contribution in [0.3, 0.4) is 0 Å². The van der Waals surface area contributed by atoms with Crippen molar-refractivity contribution in [1.29, 1.82) is 0 Å². The van der Waals surface area contributed by atoms with Crippen molar-refractivity contribution in [2.45, 2.75) is 64.4 Å². The van der Waals surface area contributed by atoms with Gasteiger partial charge < -0.3 is 4.74 Å². The Hall–Kier alpha value is -1.64. The number of ether oxygens (including phenoxy) is 1. The number of hydrogen-bond donors (Lipinski definition) is 0. The third-order valence-corrected chi connectivity index (χ3v) is 8.24. The molecule has 0 bridgehead atoms. The fourth-order valence-corrected chi connectivity index (χ4v) is 6.62. The van der Waals surface area contributed by atoms with Crippen LogP contribution in [0.1, 0.15) is 58.8 Å². The Labute approximate surface area is 149 Å². The van der Waals surface area contributed by atoms with Crippen molar-refractivity contribution in [2.24, 2.45) is 22.7 Å². The van der Waals surface area contributed by atoms with Gasteiger partial charge in [0, 0.05) is 29.6 Å². The molecule has 3 nitrogen and oxygen atoms in total. The molecule has 0 N–H and O–H groups in total. The number of fused-ring (bicyclic) bond motifs is 6. The van der Waals surface area contributed by atoms with E-state index < -0.39 is 0 Å². The summed E-state index contributed by atoms with van der Waals surface area (Å²) in [6.07, 6.45) is 15.0. The van der Waals surface area contributed by atoms with E-state index in [0.717, 1.165) is 32.1 Å². The van der Waals surface area contributed by atoms with Gasteiger partial charge in [-0.25, -0.2) is 0 Å². The van der Waals surface area contributed by atoms with Crippen molar-refractivity contribution in [3.05, 3.63) is 35.5 Å². The minimum absolute atomic E-state index is 0.0107. The Morgan fingerprint density at radius 1 is 1.12 bits per heavy atom. The second-order valence-corrected chi connectivity index (χ2v) is 9.18. The molecule has 1 heterocycles. The summed E-state index contributed by atoms with van der Waals surface area (Å²) in [7, 11) is 0. The normalized spacial score (nSPS) is 47.8. The number of carbonyl (C=O) groups excluding carboxylic acids is 2. The molecule has 132 valence electrons. The Morgan fingerprint density at radius 3 is 2.72 bits per heavy atom. The molecule has 0 amide bonds. The molecule has 4 aliphatic carbocycles. The molecule has 25 heavy (non-hydrogen) atoms. The standard InChI is InChI=1S/C22H26O3/c1-20-9-5-15(23)13-14(20)3-4-16-17(20)6-10-21(2)18(16)7-11-22(21)12-8-19(24)25-22/h3-4,6,13,16,18H,5,7-12H2,1-2H3/t16?,18?,20-,21-,22+/m0/s1. The SMILES string of the molecule is C[C@]12CCC(=O)C=C1C=CC1C2=CC[C@@]2(C)C1CC[C@@]21CCC(=O)O1. The number of esters is 1. The second-order valence-electron chi connectivity index (χ2n) is 9.18. The van der Waals surface area contributed by atoms with Crippen LogP contribution in [0.2, 0.25) is 0 Å². The first kappa shape index (κ1) is 15.6. The molecule has 1 spiro atoms. The Kier molecular flexibility index (Phi) is 2.96. The highest BCUT2D eigenvalue weighted by Gasteiger charge is 2.64. The number of allylic oxidation sites excluding steroid dienone is 6. The minimum Gasteiger partial charge on any atom is -0.458 e. The van der Waals surface area contributed by atoms with E-state index in [1.165, 1.54) is 11.1 Å². The summed E-state index contributed by atoms with van der Waals surface area (Å²) < 4.78 is 5.96. The van der Waals surface area contributed by atoms with Gasteiger partial charge in [0.05, 0.1) is 0 Å².